The molecular formula is C18H24N2O4S. The molecule has 2 aliphatic rings. The molecule has 0 aromatic heterocycles. The maximum Gasteiger partial charge on any atom is 0.253 e. The van der Waals surface area contributed by atoms with E-state index in [1.54, 1.807) is 24.3 Å². The van der Waals surface area contributed by atoms with Crippen molar-refractivity contribution in [1.82, 2.24) is 10.2 Å². The maximum atomic E-state index is 12.3. The summed E-state index contributed by atoms with van der Waals surface area (Å²) in [4.78, 5) is 25.8. The minimum absolute atomic E-state index is 0.00800. The average Bonchev–Trinajstić information content (AvgIpc) is 3.23. The highest BCUT2D eigenvalue weighted by atomic mass is 32.2. The van der Waals surface area contributed by atoms with Crippen molar-refractivity contribution in [3.8, 4) is 0 Å². The number of hydrogen-bond acceptors (Lipinski definition) is 4. The van der Waals surface area contributed by atoms with Crippen molar-refractivity contribution in [3.63, 3.8) is 0 Å². The zero-order chi connectivity index (χ0) is 17.9. The number of likely N-dealkylation sites (tertiary alicyclic amines) is 1. The number of hydrogen-bond donors (Lipinski definition) is 1. The molecular weight excluding hydrogens is 340 g/mol. The summed E-state index contributed by atoms with van der Waals surface area (Å²) >= 11 is 0. The van der Waals surface area contributed by atoms with Crippen LogP contribution in [0.25, 0.3) is 0 Å². The van der Waals surface area contributed by atoms with Crippen LogP contribution in [0.15, 0.2) is 24.3 Å². The van der Waals surface area contributed by atoms with Crippen LogP contribution in [-0.4, -0.2) is 50.5 Å². The van der Waals surface area contributed by atoms with Gasteiger partial charge in [0, 0.05) is 25.2 Å². The molecule has 1 aromatic rings. The molecule has 0 bridgehead atoms. The van der Waals surface area contributed by atoms with Gasteiger partial charge in [0.2, 0.25) is 5.91 Å². The van der Waals surface area contributed by atoms with Gasteiger partial charge >= 0.3 is 0 Å². The molecule has 1 heterocycles. The number of rotatable bonds is 7. The van der Waals surface area contributed by atoms with Crippen LogP contribution in [0.1, 0.15) is 41.6 Å². The Morgan fingerprint density at radius 2 is 1.72 bits per heavy atom. The number of sulfone groups is 1. The van der Waals surface area contributed by atoms with E-state index >= 15 is 0 Å². The number of carbonyl (C=O) groups excluding carboxylic acids is 2. The second kappa shape index (κ2) is 7.56. The second-order valence-corrected chi connectivity index (χ2v) is 9.04. The van der Waals surface area contributed by atoms with Crippen LogP contribution in [-0.2, 0) is 20.4 Å². The Morgan fingerprint density at radius 1 is 1.08 bits per heavy atom. The first-order valence-corrected chi connectivity index (χ1v) is 10.6. The zero-order valence-electron chi connectivity index (χ0n) is 14.2. The summed E-state index contributed by atoms with van der Waals surface area (Å²) in [6.45, 7) is 2.14. The molecule has 0 unspecified atom stereocenters. The largest absolute Gasteiger partial charge is 0.355 e. The summed E-state index contributed by atoms with van der Waals surface area (Å²) in [6, 6.07) is 6.64. The van der Waals surface area contributed by atoms with Gasteiger partial charge in [0.05, 0.1) is 5.75 Å². The maximum absolute atomic E-state index is 12.3. The van der Waals surface area contributed by atoms with Crippen molar-refractivity contribution in [2.45, 2.75) is 31.4 Å². The van der Waals surface area contributed by atoms with Gasteiger partial charge in [0.25, 0.3) is 5.91 Å². The summed E-state index contributed by atoms with van der Waals surface area (Å²) in [5, 5.41) is 2.67. The Hall–Kier alpha value is -1.89. The van der Waals surface area contributed by atoms with Crippen molar-refractivity contribution in [2.24, 2.45) is 5.92 Å². The van der Waals surface area contributed by atoms with Crippen molar-refractivity contribution in [3.05, 3.63) is 35.4 Å². The van der Waals surface area contributed by atoms with Crippen LogP contribution >= 0.6 is 0 Å². The molecule has 2 fully saturated rings. The van der Waals surface area contributed by atoms with Gasteiger partial charge in [0.15, 0.2) is 9.84 Å². The third-order valence-electron chi connectivity index (χ3n) is 4.62. The van der Waals surface area contributed by atoms with Crippen LogP contribution in [0, 0.1) is 5.92 Å². The van der Waals surface area contributed by atoms with E-state index in [0.717, 1.165) is 38.8 Å². The van der Waals surface area contributed by atoms with Crippen molar-refractivity contribution >= 4 is 21.7 Å². The van der Waals surface area contributed by atoms with Gasteiger partial charge in [0.1, 0.15) is 5.75 Å². The fourth-order valence-electron chi connectivity index (χ4n) is 2.98. The van der Waals surface area contributed by atoms with Gasteiger partial charge in [-0.15, -0.1) is 0 Å². The lowest BCUT2D eigenvalue weighted by atomic mass is 10.1. The zero-order valence-corrected chi connectivity index (χ0v) is 15.1. The molecule has 136 valence electrons. The average molecular weight is 364 g/mol. The highest BCUT2D eigenvalue weighted by Gasteiger charge is 2.24. The number of nitrogens with one attached hydrogen (secondary N) is 1. The van der Waals surface area contributed by atoms with E-state index in [0.29, 0.717) is 23.6 Å². The third-order valence-corrected chi connectivity index (χ3v) is 6.09. The molecule has 25 heavy (non-hydrogen) atoms. The molecule has 1 aliphatic carbocycles. The van der Waals surface area contributed by atoms with E-state index < -0.39 is 21.5 Å². The molecule has 1 aliphatic heterocycles. The summed E-state index contributed by atoms with van der Waals surface area (Å²) in [5.41, 5.74) is 1.16. The highest BCUT2D eigenvalue weighted by Crippen LogP contribution is 2.27. The minimum atomic E-state index is -3.52. The topological polar surface area (TPSA) is 83.5 Å². The predicted molar refractivity (Wildman–Crippen MR) is 94.8 cm³/mol. The summed E-state index contributed by atoms with van der Waals surface area (Å²) in [6.07, 6.45) is 4.28. The smallest absolute Gasteiger partial charge is 0.253 e. The van der Waals surface area contributed by atoms with Gasteiger partial charge in [-0.25, -0.2) is 8.42 Å². The lowest BCUT2D eigenvalue weighted by Crippen LogP contribution is -2.32. The monoisotopic (exact) mass is 364 g/mol. The minimum Gasteiger partial charge on any atom is -0.355 e. The van der Waals surface area contributed by atoms with Crippen molar-refractivity contribution in [1.29, 1.82) is 0 Å². The molecule has 7 heteroatoms. The predicted octanol–water partition coefficient (Wildman–Crippen LogP) is 1.36. The number of benzene rings is 1. The fourth-order valence-corrected chi connectivity index (χ4v) is 4.29. The molecule has 1 N–H and O–H groups in total. The van der Waals surface area contributed by atoms with E-state index in [-0.39, 0.29) is 11.7 Å². The molecule has 1 aromatic carbocycles. The molecule has 0 radical (unpaired) electrons. The van der Waals surface area contributed by atoms with Gasteiger partial charge in [-0.05, 0) is 49.3 Å². The fraction of sp³-hybridized carbons (Fsp3) is 0.556. The van der Waals surface area contributed by atoms with Crippen LogP contribution in [0.4, 0.5) is 0 Å². The van der Waals surface area contributed by atoms with Gasteiger partial charge in [-0.1, -0.05) is 12.1 Å². The number of carbonyl (C=O) groups is 2. The standard InChI is InChI=1S/C18H24N2O4S/c21-17(19-11-14-3-4-14)13-25(23,24)12-15-5-7-16(8-6-15)18(22)20-9-1-2-10-20/h5-8,14H,1-4,9-13H2,(H,19,21). The Labute approximate surface area is 148 Å². The van der Waals surface area contributed by atoms with Gasteiger partial charge in [-0.2, -0.15) is 0 Å². The van der Waals surface area contributed by atoms with Crippen molar-refractivity contribution in [2.75, 3.05) is 25.4 Å². The van der Waals surface area contributed by atoms with Gasteiger partial charge < -0.3 is 10.2 Å². The third kappa shape index (κ3) is 5.29. The van der Waals surface area contributed by atoms with Crippen LogP contribution in [0.2, 0.25) is 0 Å². The van der Waals surface area contributed by atoms with Crippen LogP contribution < -0.4 is 5.32 Å². The van der Waals surface area contributed by atoms with E-state index in [4.69, 9.17) is 0 Å². The quantitative estimate of drug-likeness (QED) is 0.792. The molecule has 1 saturated carbocycles. The van der Waals surface area contributed by atoms with E-state index in [1.807, 2.05) is 4.90 Å². The van der Waals surface area contributed by atoms with E-state index in [1.165, 1.54) is 0 Å². The Kier molecular flexibility index (Phi) is 5.42. The van der Waals surface area contributed by atoms with E-state index in [9.17, 15) is 18.0 Å². The Balaban J connectivity index is 1.54. The first-order chi connectivity index (χ1) is 11.9. The Morgan fingerprint density at radius 3 is 2.32 bits per heavy atom. The normalized spacial score (nSPS) is 17.5. The first-order valence-electron chi connectivity index (χ1n) is 8.78. The summed E-state index contributed by atoms with van der Waals surface area (Å²) in [5.74, 6) is -0.609. The van der Waals surface area contributed by atoms with Crippen LogP contribution in [0.3, 0.4) is 0 Å². The SMILES string of the molecule is O=C(CS(=O)(=O)Cc1ccc(C(=O)N2CCCC2)cc1)NCC1CC1. The molecule has 6 nitrogen and oxygen atoms in total. The number of nitrogens with zero attached hydrogens (tertiary/aromatic N) is 1. The molecule has 2 amide bonds. The highest BCUT2D eigenvalue weighted by molar-refractivity contribution is 7.91. The molecule has 0 atom stereocenters. The van der Waals surface area contributed by atoms with Crippen molar-refractivity contribution < 1.29 is 18.0 Å². The van der Waals surface area contributed by atoms with Crippen LogP contribution in [0.5, 0.6) is 0 Å². The lowest BCUT2D eigenvalue weighted by Gasteiger charge is -2.15. The van der Waals surface area contributed by atoms with E-state index in [2.05, 4.69) is 5.32 Å². The second-order valence-electron chi connectivity index (χ2n) is 6.98. The molecule has 3 rings (SSSR count). The first kappa shape index (κ1) is 17.9. The lowest BCUT2D eigenvalue weighted by molar-refractivity contribution is -0.118. The number of amides is 2. The summed E-state index contributed by atoms with van der Waals surface area (Å²) in [7, 11) is -3.52. The Bertz CT molecular complexity index is 733. The van der Waals surface area contributed by atoms with Gasteiger partial charge in [-0.3, -0.25) is 9.59 Å². The molecule has 0 spiro atoms. The summed E-state index contributed by atoms with van der Waals surface area (Å²) < 4.78 is 24.3. The molecule has 1 saturated heterocycles.